The average molecular weight is 287 g/mol. The highest BCUT2D eigenvalue weighted by Gasteiger charge is 2.10. The molecule has 1 unspecified atom stereocenters. The molecule has 0 aliphatic carbocycles. The van der Waals surface area contributed by atoms with Crippen LogP contribution < -0.4 is 10.6 Å². The number of nitrogens with zero attached hydrogens (tertiary/aromatic N) is 1. The average Bonchev–Trinajstić information content (AvgIpc) is 2.98. The van der Waals surface area contributed by atoms with Crippen molar-refractivity contribution in [2.75, 3.05) is 13.1 Å². The predicted molar refractivity (Wildman–Crippen MR) is 82.0 cm³/mol. The van der Waals surface area contributed by atoms with Gasteiger partial charge in [0.1, 0.15) is 0 Å². The summed E-state index contributed by atoms with van der Waals surface area (Å²) in [5, 5.41) is 15.5. The Morgan fingerprint density at radius 1 is 1.19 bits per heavy atom. The summed E-state index contributed by atoms with van der Waals surface area (Å²) in [6.07, 6.45) is 3.20. The van der Waals surface area contributed by atoms with Crippen molar-refractivity contribution in [3.05, 3.63) is 59.9 Å². The Balaban J connectivity index is 1.70. The first-order chi connectivity index (χ1) is 10.2. The first kappa shape index (κ1) is 15.1. The molecular formula is C16H21N3O2. The molecule has 0 radical (unpaired) electrons. The van der Waals surface area contributed by atoms with Gasteiger partial charge in [0.15, 0.2) is 0 Å². The third-order valence-electron chi connectivity index (χ3n) is 3.33. The quantitative estimate of drug-likeness (QED) is 0.759. The number of amides is 2. The summed E-state index contributed by atoms with van der Waals surface area (Å²) in [7, 11) is 0. The molecule has 2 aromatic rings. The maximum Gasteiger partial charge on any atom is 0.314 e. The van der Waals surface area contributed by atoms with Gasteiger partial charge in [0.05, 0.1) is 6.10 Å². The number of urea groups is 1. The number of hydrogen-bond donors (Lipinski definition) is 3. The summed E-state index contributed by atoms with van der Waals surface area (Å²) in [6, 6.07) is 11.2. The summed E-state index contributed by atoms with van der Waals surface area (Å²) < 4.78 is 1.99. The molecule has 5 heteroatoms. The van der Waals surface area contributed by atoms with Gasteiger partial charge >= 0.3 is 6.03 Å². The number of carbonyl (C=O) groups excluding carboxylic acids is 1. The molecule has 0 bridgehead atoms. The van der Waals surface area contributed by atoms with E-state index >= 15 is 0 Å². The number of rotatable bonds is 6. The largest absolute Gasteiger partial charge is 0.387 e. The maximum atomic E-state index is 11.6. The minimum Gasteiger partial charge on any atom is -0.387 e. The number of nitrogens with one attached hydrogen (secondary N) is 2. The van der Waals surface area contributed by atoms with Gasteiger partial charge in [-0.3, -0.25) is 0 Å². The van der Waals surface area contributed by atoms with Gasteiger partial charge in [-0.1, -0.05) is 24.3 Å². The van der Waals surface area contributed by atoms with Crippen LogP contribution in [-0.2, 0) is 6.54 Å². The molecule has 1 heterocycles. The molecule has 0 aliphatic rings. The summed E-state index contributed by atoms with van der Waals surface area (Å²) in [6.45, 7) is 3.40. The van der Waals surface area contributed by atoms with E-state index in [1.54, 1.807) is 0 Å². The van der Waals surface area contributed by atoms with Crippen molar-refractivity contribution in [3.63, 3.8) is 0 Å². The highest BCUT2D eigenvalue weighted by atomic mass is 16.3. The summed E-state index contributed by atoms with van der Waals surface area (Å²) in [4.78, 5) is 11.6. The van der Waals surface area contributed by atoms with Crippen molar-refractivity contribution in [1.82, 2.24) is 15.2 Å². The molecule has 1 aromatic heterocycles. The van der Waals surface area contributed by atoms with Crippen molar-refractivity contribution < 1.29 is 9.90 Å². The van der Waals surface area contributed by atoms with Gasteiger partial charge in [-0.25, -0.2) is 4.79 Å². The standard InChI is InChI=1S/C16H21N3O2/c1-13-6-2-3-7-14(13)15(20)12-18-16(21)17-8-11-19-9-4-5-10-19/h2-7,9-10,15,20H,8,11-12H2,1H3,(H2,17,18,21). The Morgan fingerprint density at radius 2 is 1.90 bits per heavy atom. The smallest absolute Gasteiger partial charge is 0.314 e. The van der Waals surface area contributed by atoms with Crippen LogP contribution in [0, 0.1) is 6.92 Å². The molecule has 2 rings (SSSR count). The lowest BCUT2D eigenvalue weighted by molar-refractivity contribution is 0.172. The zero-order chi connectivity index (χ0) is 15.1. The summed E-state index contributed by atoms with van der Waals surface area (Å²) in [5.74, 6) is 0. The van der Waals surface area contributed by atoms with E-state index in [2.05, 4.69) is 10.6 Å². The topological polar surface area (TPSA) is 66.3 Å². The predicted octanol–water partition coefficient (Wildman–Crippen LogP) is 1.83. The van der Waals surface area contributed by atoms with Crippen LogP contribution in [0.1, 0.15) is 17.2 Å². The van der Waals surface area contributed by atoms with Crippen LogP contribution in [-0.4, -0.2) is 28.8 Å². The van der Waals surface area contributed by atoms with E-state index in [-0.39, 0.29) is 12.6 Å². The Kier molecular flexibility index (Phi) is 5.40. The lowest BCUT2D eigenvalue weighted by Gasteiger charge is -2.15. The van der Waals surface area contributed by atoms with Gasteiger partial charge in [-0.15, -0.1) is 0 Å². The fourth-order valence-corrected chi connectivity index (χ4v) is 2.14. The summed E-state index contributed by atoms with van der Waals surface area (Å²) in [5.41, 5.74) is 1.85. The molecule has 21 heavy (non-hydrogen) atoms. The molecule has 0 saturated carbocycles. The number of aromatic nitrogens is 1. The van der Waals surface area contributed by atoms with Crippen LogP contribution >= 0.6 is 0 Å². The minimum absolute atomic E-state index is 0.195. The van der Waals surface area contributed by atoms with E-state index in [0.717, 1.165) is 17.7 Å². The van der Waals surface area contributed by atoms with Crippen molar-refractivity contribution in [1.29, 1.82) is 0 Å². The van der Waals surface area contributed by atoms with Crippen LogP contribution in [0.4, 0.5) is 4.79 Å². The van der Waals surface area contributed by atoms with E-state index in [1.807, 2.05) is 60.3 Å². The number of aryl methyl sites for hydroxylation is 1. The number of benzene rings is 1. The molecule has 0 aliphatic heterocycles. The number of carbonyl (C=O) groups is 1. The molecule has 0 fully saturated rings. The number of aliphatic hydroxyl groups excluding tert-OH is 1. The Bertz CT molecular complexity index is 567. The van der Waals surface area contributed by atoms with E-state index in [1.165, 1.54) is 0 Å². The van der Waals surface area contributed by atoms with Crippen LogP contribution in [0.5, 0.6) is 0 Å². The first-order valence-corrected chi connectivity index (χ1v) is 7.03. The molecule has 0 spiro atoms. The third kappa shape index (κ3) is 4.65. The fraction of sp³-hybridized carbons (Fsp3) is 0.312. The van der Waals surface area contributed by atoms with Crippen molar-refractivity contribution in [2.24, 2.45) is 0 Å². The van der Waals surface area contributed by atoms with Crippen LogP contribution in [0.3, 0.4) is 0 Å². The molecule has 5 nitrogen and oxygen atoms in total. The molecule has 3 N–H and O–H groups in total. The van der Waals surface area contributed by atoms with Gasteiger partial charge in [0, 0.05) is 32.0 Å². The molecule has 1 atom stereocenters. The second-order valence-corrected chi connectivity index (χ2v) is 4.93. The van der Waals surface area contributed by atoms with Crippen molar-refractivity contribution >= 4 is 6.03 Å². The van der Waals surface area contributed by atoms with Gasteiger partial charge in [-0.05, 0) is 30.2 Å². The van der Waals surface area contributed by atoms with E-state index in [9.17, 15) is 9.90 Å². The normalized spacial score (nSPS) is 11.9. The minimum atomic E-state index is -0.693. The number of aliphatic hydroxyl groups is 1. The van der Waals surface area contributed by atoms with Crippen LogP contribution in [0.25, 0.3) is 0 Å². The van der Waals surface area contributed by atoms with E-state index in [0.29, 0.717) is 6.54 Å². The molecule has 1 aromatic carbocycles. The van der Waals surface area contributed by atoms with Crippen molar-refractivity contribution in [2.45, 2.75) is 19.6 Å². The lowest BCUT2D eigenvalue weighted by Crippen LogP contribution is -2.39. The van der Waals surface area contributed by atoms with Crippen LogP contribution in [0.15, 0.2) is 48.8 Å². The monoisotopic (exact) mass is 287 g/mol. The molecular weight excluding hydrogens is 266 g/mol. The number of hydrogen-bond acceptors (Lipinski definition) is 2. The van der Waals surface area contributed by atoms with Crippen LogP contribution in [0.2, 0.25) is 0 Å². The van der Waals surface area contributed by atoms with Gasteiger partial charge in [-0.2, -0.15) is 0 Å². The highest BCUT2D eigenvalue weighted by Crippen LogP contribution is 2.15. The molecule has 0 saturated heterocycles. The zero-order valence-corrected chi connectivity index (χ0v) is 12.1. The lowest BCUT2D eigenvalue weighted by atomic mass is 10.0. The van der Waals surface area contributed by atoms with E-state index < -0.39 is 6.10 Å². The molecule has 112 valence electrons. The Hall–Kier alpha value is -2.27. The maximum absolute atomic E-state index is 11.6. The first-order valence-electron chi connectivity index (χ1n) is 7.03. The highest BCUT2D eigenvalue weighted by molar-refractivity contribution is 5.73. The Labute approximate surface area is 124 Å². The third-order valence-corrected chi connectivity index (χ3v) is 3.33. The van der Waals surface area contributed by atoms with Gasteiger partial charge < -0.3 is 20.3 Å². The van der Waals surface area contributed by atoms with Gasteiger partial charge in [0.25, 0.3) is 0 Å². The zero-order valence-electron chi connectivity index (χ0n) is 12.1. The second kappa shape index (κ2) is 7.50. The second-order valence-electron chi connectivity index (χ2n) is 4.93. The SMILES string of the molecule is Cc1ccccc1C(O)CNC(=O)NCCn1cccc1. The fourth-order valence-electron chi connectivity index (χ4n) is 2.14. The van der Waals surface area contributed by atoms with Crippen molar-refractivity contribution in [3.8, 4) is 0 Å². The molecule has 2 amide bonds. The Morgan fingerprint density at radius 3 is 2.62 bits per heavy atom. The van der Waals surface area contributed by atoms with E-state index in [4.69, 9.17) is 0 Å². The van der Waals surface area contributed by atoms with Gasteiger partial charge in [0.2, 0.25) is 0 Å². The summed E-state index contributed by atoms with van der Waals surface area (Å²) >= 11 is 0.